The van der Waals surface area contributed by atoms with Crippen LogP contribution in [0.4, 0.5) is 0 Å². The van der Waals surface area contributed by atoms with Crippen molar-refractivity contribution in [3.63, 3.8) is 0 Å². The second kappa shape index (κ2) is 8.20. The average Bonchev–Trinajstić information content (AvgIpc) is 2.47. The minimum absolute atomic E-state index is 0.121. The molecule has 0 saturated heterocycles. The van der Waals surface area contributed by atoms with Crippen molar-refractivity contribution in [3.8, 4) is 5.75 Å². The maximum atomic E-state index is 10.9. The molecular formula is C13H12N2O5. The molecule has 0 atom stereocenters. The van der Waals surface area contributed by atoms with Crippen LogP contribution in [-0.2, 0) is 6.61 Å². The second-order valence-corrected chi connectivity index (χ2v) is 3.53. The predicted molar refractivity (Wildman–Crippen MR) is 69.6 cm³/mol. The molecule has 0 radical (unpaired) electrons. The Labute approximate surface area is 114 Å². The third kappa shape index (κ3) is 4.73. The molecule has 0 aliphatic rings. The second-order valence-electron chi connectivity index (χ2n) is 3.53. The van der Waals surface area contributed by atoms with Crippen molar-refractivity contribution in [2.75, 3.05) is 0 Å². The van der Waals surface area contributed by atoms with Gasteiger partial charge >= 0.3 is 5.97 Å². The van der Waals surface area contributed by atoms with Crippen molar-refractivity contribution >= 4 is 5.97 Å². The van der Waals surface area contributed by atoms with Crippen molar-refractivity contribution < 1.29 is 19.8 Å². The van der Waals surface area contributed by atoms with Gasteiger partial charge in [-0.1, -0.05) is 30.3 Å². The molecule has 0 amide bonds. The van der Waals surface area contributed by atoms with Crippen LogP contribution in [0.15, 0.2) is 54.1 Å². The molecule has 0 aliphatic heterocycles. The molecule has 0 spiro atoms. The van der Waals surface area contributed by atoms with E-state index in [1.54, 1.807) is 0 Å². The molecule has 7 nitrogen and oxygen atoms in total. The van der Waals surface area contributed by atoms with E-state index in [-0.39, 0.29) is 11.3 Å². The Morgan fingerprint density at radius 3 is 2.50 bits per heavy atom. The highest BCUT2D eigenvalue weighted by atomic mass is 16.6. The summed E-state index contributed by atoms with van der Waals surface area (Å²) in [5, 5.41) is 16.8. The van der Waals surface area contributed by atoms with Gasteiger partial charge in [0, 0.05) is 6.20 Å². The highest BCUT2D eigenvalue weighted by Gasteiger charge is 2.10. The number of aromatic nitrogens is 1. The standard InChI is InChI=1S/C13H11NO3.HNO2/c15-13(16)11-6-7-14-8-12(11)17-9-10-4-2-1-3-5-10;2-1-3/h1-8H,9H2,(H,15,16);(H,2,3). The van der Waals surface area contributed by atoms with Gasteiger partial charge in [-0.15, -0.1) is 4.91 Å². The molecule has 0 bridgehead atoms. The minimum atomic E-state index is -1.02. The van der Waals surface area contributed by atoms with Crippen LogP contribution >= 0.6 is 0 Å². The van der Waals surface area contributed by atoms with Crippen LogP contribution in [0.25, 0.3) is 0 Å². The molecule has 2 aromatic rings. The van der Waals surface area contributed by atoms with Gasteiger partial charge in [0.2, 0.25) is 0 Å². The van der Waals surface area contributed by atoms with Crippen molar-refractivity contribution in [3.05, 3.63) is 64.8 Å². The third-order valence-electron chi connectivity index (χ3n) is 2.25. The summed E-state index contributed by atoms with van der Waals surface area (Å²) in [6.07, 6.45) is 2.84. The molecule has 1 aromatic heterocycles. The quantitative estimate of drug-likeness (QED) is 0.655. The average molecular weight is 276 g/mol. The van der Waals surface area contributed by atoms with Crippen molar-refractivity contribution in [1.29, 1.82) is 0 Å². The molecule has 20 heavy (non-hydrogen) atoms. The number of hydrogen-bond donors (Lipinski definition) is 2. The van der Waals surface area contributed by atoms with Gasteiger partial charge in [-0.2, -0.15) is 0 Å². The topological polar surface area (TPSA) is 109 Å². The minimum Gasteiger partial charge on any atom is -0.486 e. The fraction of sp³-hybridized carbons (Fsp3) is 0.0769. The van der Waals surface area contributed by atoms with E-state index in [4.69, 9.17) is 20.0 Å². The summed E-state index contributed by atoms with van der Waals surface area (Å²) < 4.78 is 5.44. The van der Waals surface area contributed by atoms with E-state index in [0.29, 0.717) is 6.61 Å². The van der Waals surface area contributed by atoms with Gasteiger partial charge < -0.3 is 15.1 Å². The van der Waals surface area contributed by atoms with Crippen LogP contribution in [-0.4, -0.2) is 21.3 Å². The molecule has 2 rings (SSSR count). The first kappa shape index (κ1) is 15.1. The molecule has 1 aromatic carbocycles. The van der Waals surface area contributed by atoms with E-state index in [1.165, 1.54) is 23.8 Å². The molecular weight excluding hydrogens is 264 g/mol. The predicted octanol–water partition coefficient (Wildman–Crippen LogP) is 2.50. The number of rotatable bonds is 4. The summed E-state index contributed by atoms with van der Waals surface area (Å²) in [5.41, 5.74) is 1.10. The lowest BCUT2D eigenvalue weighted by Crippen LogP contribution is -2.03. The molecule has 0 saturated carbocycles. The zero-order valence-corrected chi connectivity index (χ0v) is 10.3. The van der Waals surface area contributed by atoms with Gasteiger partial charge in [0.15, 0.2) is 11.1 Å². The smallest absolute Gasteiger partial charge is 0.339 e. The fourth-order valence-corrected chi connectivity index (χ4v) is 1.41. The lowest BCUT2D eigenvalue weighted by molar-refractivity contribution is 0.0691. The van der Waals surface area contributed by atoms with Crippen LogP contribution in [0, 0.1) is 4.91 Å². The molecule has 7 heteroatoms. The van der Waals surface area contributed by atoms with Gasteiger partial charge in [-0.3, -0.25) is 4.98 Å². The number of ether oxygens (including phenoxy) is 1. The first-order chi connectivity index (χ1) is 9.69. The van der Waals surface area contributed by atoms with E-state index in [1.807, 2.05) is 30.3 Å². The maximum Gasteiger partial charge on any atom is 0.339 e. The number of hydrogen-bond acceptors (Lipinski definition) is 5. The summed E-state index contributed by atoms with van der Waals surface area (Å²) >= 11 is 0. The largest absolute Gasteiger partial charge is 0.486 e. The Hall–Kier alpha value is -2.96. The number of aromatic carboxylic acids is 1. The Morgan fingerprint density at radius 2 is 1.90 bits per heavy atom. The molecule has 2 N–H and O–H groups in total. The first-order valence-corrected chi connectivity index (χ1v) is 5.49. The number of nitrogens with zero attached hydrogens (tertiary/aromatic N) is 2. The molecule has 104 valence electrons. The van der Waals surface area contributed by atoms with Gasteiger partial charge in [0.25, 0.3) is 0 Å². The highest BCUT2D eigenvalue weighted by molar-refractivity contribution is 5.90. The van der Waals surface area contributed by atoms with E-state index in [2.05, 4.69) is 4.98 Å². The van der Waals surface area contributed by atoms with Crippen LogP contribution in [0.2, 0.25) is 0 Å². The Balaban J connectivity index is 0.000000612. The zero-order valence-electron chi connectivity index (χ0n) is 10.3. The fourth-order valence-electron chi connectivity index (χ4n) is 1.41. The first-order valence-electron chi connectivity index (χ1n) is 5.49. The normalized spacial score (nSPS) is 9.00. The number of benzene rings is 1. The molecule has 0 fully saturated rings. The van der Waals surface area contributed by atoms with Gasteiger partial charge in [0.05, 0.1) is 6.20 Å². The zero-order chi connectivity index (χ0) is 14.8. The Bertz CT molecular complexity index is 560. The van der Waals surface area contributed by atoms with Crippen LogP contribution < -0.4 is 4.74 Å². The number of carboxylic acids is 1. The molecule has 0 aliphatic carbocycles. The Kier molecular flexibility index (Phi) is 6.19. The van der Waals surface area contributed by atoms with Gasteiger partial charge in [0.1, 0.15) is 12.2 Å². The lowest BCUT2D eigenvalue weighted by Gasteiger charge is -2.08. The monoisotopic (exact) mass is 276 g/mol. The summed E-state index contributed by atoms with van der Waals surface area (Å²) in [6.45, 7) is 0.326. The van der Waals surface area contributed by atoms with E-state index in [0.717, 1.165) is 5.56 Å². The summed E-state index contributed by atoms with van der Waals surface area (Å²) in [7, 11) is 0. The SMILES string of the molecule is O=C(O)c1ccncc1OCc1ccccc1.O=NO. The lowest BCUT2D eigenvalue weighted by atomic mass is 10.2. The van der Waals surface area contributed by atoms with Crippen LogP contribution in [0.1, 0.15) is 15.9 Å². The van der Waals surface area contributed by atoms with Crippen molar-refractivity contribution in [2.45, 2.75) is 6.61 Å². The molecule has 0 unspecified atom stereocenters. The number of carbonyl (C=O) groups is 1. The maximum absolute atomic E-state index is 10.9. The van der Waals surface area contributed by atoms with E-state index in [9.17, 15) is 4.79 Å². The van der Waals surface area contributed by atoms with Gasteiger partial charge in [-0.05, 0) is 11.6 Å². The van der Waals surface area contributed by atoms with E-state index >= 15 is 0 Å². The summed E-state index contributed by atoms with van der Waals surface area (Å²) in [6, 6.07) is 11.0. The van der Waals surface area contributed by atoms with Crippen molar-refractivity contribution in [1.82, 2.24) is 4.98 Å². The molecule has 1 heterocycles. The van der Waals surface area contributed by atoms with Gasteiger partial charge in [-0.25, -0.2) is 4.79 Å². The van der Waals surface area contributed by atoms with Crippen LogP contribution in [0.5, 0.6) is 5.75 Å². The van der Waals surface area contributed by atoms with E-state index < -0.39 is 5.97 Å². The summed E-state index contributed by atoms with van der Waals surface area (Å²) in [4.78, 5) is 22.9. The van der Waals surface area contributed by atoms with Crippen LogP contribution in [0.3, 0.4) is 0 Å². The summed E-state index contributed by atoms with van der Waals surface area (Å²) in [5.74, 6) is -0.737. The highest BCUT2D eigenvalue weighted by Crippen LogP contribution is 2.17. The number of carboxylic acid groups (broad SMARTS) is 1. The Morgan fingerprint density at radius 1 is 1.25 bits per heavy atom. The number of pyridine rings is 1. The van der Waals surface area contributed by atoms with Crippen molar-refractivity contribution in [2.24, 2.45) is 5.34 Å². The third-order valence-corrected chi connectivity index (χ3v) is 2.25.